The van der Waals surface area contributed by atoms with Crippen LogP contribution in [0.3, 0.4) is 0 Å². The first-order chi connectivity index (χ1) is 9.03. The minimum absolute atomic E-state index is 0.0680. The zero-order valence-electron chi connectivity index (χ0n) is 11.1. The van der Waals surface area contributed by atoms with Gasteiger partial charge in [-0.1, -0.05) is 19.9 Å². The number of H-pyrrole nitrogens is 1. The van der Waals surface area contributed by atoms with Gasteiger partial charge < -0.3 is 14.5 Å². The van der Waals surface area contributed by atoms with Crippen LogP contribution in [-0.2, 0) is 9.47 Å². The first-order valence-corrected chi connectivity index (χ1v) is 6.40. The number of rotatable bonds is 1. The van der Waals surface area contributed by atoms with E-state index in [-0.39, 0.29) is 17.3 Å². The van der Waals surface area contributed by atoms with Gasteiger partial charge in [0.1, 0.15) is 0 Å². The van der Waals surface area contributed by atoms with Crippen molar-refractivity contribution >= 4 is 10.9 Å². The Bertz CT molecular complexity index is 650. The van der Waals surface area contributed by atoms with Gasteiger partial charge in [0.25, 0.3) is 0 Å². The molecule has 0 amide bonds. The van der Waals surface area contributed by atoms with Crippen LogP contribution in [0.2, 0.25) is 0 Å². The summed E-state index contributed by atoms with van der Waals surface area (Å²) in [6.07, 6.45) is -0.315. The minimum Gasteiger partial charge on any atom is -0.348 e. The molecule has 2 heterocycles. The van der Waals surface area contributed by atoms with Crippen LogP contribution in [0.4, 0.5) is 0 Å². The van der Waals surface area contributed by atoms with E-state index in [0.29, 0.717) is 13.2 Å². The normalized spacial score (nSPS) is 19.7. The van der Waals surface area contributed by atoms with Gasteiger partial charge in [0.15, 0.2) is 6.29 Å². The molecule has 0 unspecified atom stereocenters. The second-order valence-electron chi connectivity index (χ2n) is 5.79. The summed E-state index contributed by atoms with van der Waals surface area (Å²) in [4.78, 5) is 14.0. The van der Waals surface area contributed by atoms with E-state index in [4.69, 9.17) is 9.47 Å². The van der Waals surface area contributed by atoms with Crippen LogP contribution in [0.15, 0.2) is 35.1 Å². The third kappa shape index (κ3) is 2.55. The number of fused-ring (bicyclic) bond motifs is 1. The molecule has 4 nitrogen and oxygen atoms in total. The summed E-state index contributed by atoms with van der Waals surface area (Å²) in [5, 5.41) is 0.981. The standard InChI is InChI=1S/C15H17NO3/c1-15(2)8-18-14(19-9-15)11-3-5-12-10(7-11)4-6-13(17)16-12/h3-7,14H,8-9H2,1-2H3,(H,16,17). The Morgan fingerprint density at radius 2 is 1.89 bits per heavy atom. The fourth-order valence-electron chi connectivity index (χ4n) is 2.20. The second-order valence-corrected chi connectivity index (χ2v) is 5.79. The Labute approximate surface area is 111 Å². The molecule has 0 saturated carbocycles. The Hall–Kier alpha value is -1.65. The number of ether oxygens (including phenoxy) is 2. The van der Waals surface area contributed by atoms with Gasteiger partial charge in [-0.15, -0.1) is 0 Å². The molecule has 0 aliphatic carbocycles. The van der Waals surface area contributed by atoms with Crippen molar-refractivity contribution in [2.24, 2.45) is 5.41 Å². The number of hydrogen-bond donors (Lipinski definition) is 1. The monoisotopic (exact) mass is 259 g/mol. The first kappa shape index (κ1) is 12.4. The molecule has 1 aliphatic heterocycles. The summed E-state index contributed by atoms with van der Waals surface area (Å²) >= 11 is 0. The Morgan fingerprint density at radius 1 is 1.16 bits per heavy atom. The number of aromatic amines is 1. The van der Waals surface area contributed by atoms with E-state index < -0.39 is 0 Å². The maximum Gasteiger partial charge on any atom is 0.248 e. The molecule has 0 radical (unpaired) electrons. The Balaban J connectivity index is 1.90. The maximum absolute atomic E-state index is 11.2. The molecular weight excluding hydrogens is 242 g/mol. The molecule has 1 saturated heterocycles. The van der Waals surface area contributed by atoms with Gasteiger partial charge in [0.2, 0.25) is 5.56 Å². The van der Waals surface area contributed by atoms with Crippen molar-refractivity contribution in [3.63, 3.8) is 0 Å². The second kappa shape index (κ2) is 4.47. The largest absolute Gasteiger partial charge is 0.348 e. The van der Waals surface area contributed by atoms with Crippen LogP contribution in [0.25, 0.3) is 10.9 Å². The molecule has 1 N–H and O–H groups in total. The highest BCUT2D eigenvalue weighted by atomic mass is 16.7. The van der Waals surface area contributed by atoms with E-state index in [1.807, 2.05) is 24.3 Å². The summed E-state index contributed by atoms with van der Waals surface area (Å²) in [6, 6.07) is 9.15. The van der Waals surface area contributed by atoms with Crippen molar-refractivity contribution < 1.29 is 9.47 Å². The zero-order valence-corrected chi connectivity index (χ0v) is 11.1. The maximum atomic E-state index is 11.2. The van der Waals surface area contributed by atoms with E-state index in [1.54, 1.807) is 0 Å². The quantitative estimate of drug-likeness (QED) is 0.856. The summed E-state index contributed by atoms with van der Waals surface area (Å²) in [5.74, 6) is 0. The van der Waals surface area contributed by atoms with Crippen molar-refractivity contribution in [1.29, 1.82) is 0 Å². The van der Waals surface area contributed by atoms with Crippen LogP contribution >= 0.6 is 0 Å². The molecule has 3 rings (SSSR count). The van der Waals surface area contributed by atoms with Crippen molar-refractivity contribution in [3.8, 4) is 0 Å². The number of pyridine rings is 1. The minimum atomic E-state index is -0.315. The number of nitrogens with one attached hydrogen (secondary N) is 1. The highest BCUT2D eigenvalue weighted by molar-refractivity contribution is 5.78. The highest BCUT2D eigenvalue weighted by Crippen LogP contribution is 2.31. The fraction of sp³-hybridized carbons (Fsp3) is 0.400. The molecule has 1 aliphatic rings. The van der Waals surface area contributed by atoms with Crippen LogP contribution < -0.4 is 5.56 Å². The lowest BCUT2D eigenvalue weighted by Crippen LogP contribution is -2.33. The third-order valence-electron chi connectivity index (χ3n) is 3.27. The molecule has 100 valence electrons. The summed E-state index contributed by atoms with van der Waals surface area (Å²) in [7, 11) is 0. The van der Waals surface area contributed by atoms with Gasteiger partial charge in [-0.3, -0.25) is 4.79 Å². The van der Waals surface area contributed by atoms with E-state index in [0.717, 1.165) is 16.5 Å². The van der Waals surface area contributed by atoms with E-state index in [1.165, 1.54) is 6.07 Å². The molecule has 1 fully saturated rings. The SMILES string of the molecule is CC1(C)COC(c2ccc3[nH]c(=O)ccc3c2)OC1. The number of benzene rings is 1. The average Bonchev–Trinajstić information content (AvgIpc) is 2.38. The van der Waals surface area contributed by atoms with Crippen molar-refractivity contribution in [2.75, 3.05) is 13.2 Å². The van der Waals surface area contributed by atoms with E-state index in [2.05, 4.69) is 18.8 Å². The van der Waals surface area contributed by atoms with Crippen molar-refractivity contribution in [2.45, 2.75) is 20.1 Å². The molecule has 0 spiro atoms. The van der Waals surface area contributed by atoms with Gasteiger partial charge in [0, 0.05) is 22.6 Å². The molecule has 1 aromatic heterocycles. The predicted molar refractivity (Wildman–Crippen MR) is 73.0 cm³/mol. The topological polar surface area (TPSA) is 51.3 Å². The first-order valence-electron chi connectivity index (χ1n) is 6.40. The summed E-state index contributed by atoms with van der Waals surface area (Å²) in [6.45, 7) is 5.60. The predicted octanol–water partition coefficient (Wildman–Crippen LogP) is 2.60. The van der Waals surface area contributed by atoms with Gasteiger partial charge in [-0.2, -0.15) is 0 Å². The molecule has 2 aromatic rings. The van der Waals surface area contributed by atoms with Gasteiger partial charge in [-0.05, 0) is 23.6 Å². The van der Waals surface area contributed by atoms with E-state index >= 15 is 0 Å². The van der Waals surface area contributed by atoms with Crippen molar-refractivity contribution in [3.05, 3.63) is 46.2 Å². The molecule has 0 atom stereocenters. The van der Waals surface area contributed by atoms with Gasteiger partial charge >= 0.3 is 0 Å². The molecule has 1 aromatic carbocycles. The lowest BCUT2D eigenvalue weighted by Gasteiger charge is -2.34. The van der Waals surface area contributed by atoms with Crippen molar-refractivity contribution in [1.82, 2.24) is 4.98 Å². The summed E-state index contributed by atoms with van der Waals surface area (Å²) in [5.41, 5.74) is 1.79. The average molecular weight is 259 g/mol. The van der Waals surface area contributed by atoms with Crippen LogP contribution in [0.5, 0.6) is 0 Å². The third-order valence-corrected chi connectivity index (χ3v) is 3.27. The number of hydrogen-bond acceptors (Lipinski definition) is 3. The van der Waals surface area contributed by atoms with E-state index in [9.17, 15) is 4.79 Å². The lowest BCUT2D eigenvalue weighted by atomic mass is 9.95. The van der Waals surface area contributed by atoms with Gasteiger partial charge in [-0.25, -0.2) is 0 Å². The Kier molecular flexibility index (Phi) is 2.92. The van der Waals surface area contributed by atoms with Crippen LogP contribution in [-0.4, -0.2) is 18.2 Å². The number of aromatic nitrogens is 1. The van der Waals surface area contributed by atoms with Gasteiger partial charge in [0.05, 0.1) is 13.2 Å². The zero-order chi connectivity index (χ0) is 13.5. The molecular formula is C15H17NO3. The molecule has 4 heteroatoms. The van der Waals surface area contributed by atoms with Crippen LogP contribution in [0, 0.1) is 5.41 Å². The summed E-state index contributed by atoms with van der Waals surface area (Å²) < 4.78 is 11.5. The fourth-order valence-corrected chi connectivity index (χ4v) is 2.20. The Morgan fingerprint density at radius 3 is 2.63 bits per heavy atom. The highest BCUT2D eigenvalue weighted by Gasteiger charge is 2.29. The molecule has 19 heavy (non-hydrogen) atoms. The van der Waals surface area contributed by atoms with Crippen LogP contribution in [0.1, 0.15) is 25.7 Å². The lowest BCUT2D eigenvalue weighted by molar-refractivity contribution is -0.226. The smallest absolute Gasteiger partial charge is 0.248 e. The molecule has 0 bridgehead atoms.